The van der Waals surface area contributed by atoms with Crippen molar-refractivity contribution in [1.29, 1.82) is 0 Å². The maximum atomic E-state index is 3.78. The molecule has 0 amide bonds. The van der Waals surface area contributed by atoms with Gasteiger partial charge in [-0.3, -0.25) is 4.98 Å². The Labute approximate surface area is 403 Å². The largest absolute Gasteiger partial charge is 0.306 e. The minimum atomic E-state index is 0. The third kappa shape index (κ3) is 54.8. The molecule has 2 aliphatic carbocycles. The number of aryl methyl sites for hydroxylation is 1. The van der Waals surface area contributed by atoms with Crippen LogP contribution in [0.4, 0.5) is 0 Å². The summed E-state index contributed by atoms with van der Waals surface area (Å²) in [5, 5.41) is 0. The molecule has 4 heteroatoms. The van der Waals surface area contributed by atoms with Crippen molar-refractivity contribution < 1.29 is 0 Å². The molecule has 8 rings (SSSR count). The molecule has 0 N–H and O–H groups in total. The van der Waals surface area contributed by atoms with Gasteiger partial charge in [-0.05, 0) is 82.7 Å². The van der Waals surface area contributed by atoms with E-state index < -0.39 is 0 Å². The van der Waals surface area contributed by atoms with Gasteiger partial charge in [0.25, 0.3) is 0 Å². The minimum absolute atomic E-state index is 0. The lowest BCUT2D eigenvalue weighted by atomic mass is 10.0. The number of aromatic nitrogens is 1. The van der Waals surface area contributed by atoms with Crippen LogP contribution in [0.5, 0.6) is 0 Å². The van der Waals surface area contributed by atoms with E-state index in [9.17, 15) is 0 Å². The van der Waals surface area contributed by atoms with E-state index in [0.29, 0.717) is 5.92 Å². The summed E-state index contributed by atoms with van der Waals surface area (Å²) in [5.74, 6) is 0.659. The lowest BCUT2D eigenvalue weighted by Crippen LogP contribution is -2.42. The highest BCUT2D eigenvalue weighted by molar-refractivity contribution is 5.17. The second-order valence-electron chi connectivity index (χ2n) is 15.4. The zero-order valence-corrected chi connectivity index (χ0v) is 44.3. The first-order valence-electron chi connectivity index (χ1n) is 25.9. The standard InChI is InChI=1S/C9H12.C8H10.C6H14N2.C6H13N.C6H12.C6H6.C5H5N.C5H10.4C2H6.CH4/c1-8(2)9-6-4-3-5-7-9;1-2-8-6-4-3-5-7-8;1-7-3-5-8(2)6-4-7;1-7-5-3-2-4-6-7;3*1-2-4-6-5-3-1;1-2-4-5-3-1;4*1-2;/h3-8H,1-2H3;3-7H,2H2,1H3;3-6H2,1-2H3;2-6H2,1H3;1-6H2;1-6H;1-5H;1-5H2;4*1-2H3;1H4. The van der Waals surface area contributed by atoms with Crippen molar-refractivity contribution in [3.8, 4) is 0 Å². The number of likely N-dealkylation sites (N-methyl/N-ethyl adjacent to an activating group) is 2. The maximum absolute atomic E-state index is 3.78. The van der Waals surface area contributed by atoms with E-state index in [4.69, 9.17) is 0 Å². The van der Waals surface area contributed by atoms with Crippen molar-refractivity contribution in [2.75, 3.05) is 60.4 Å². The maximum Gasteiger partial charge on any atom is 0.0267 e. The van der Waals surface area contributed by atoms with Gasteiger partial charge in [0.2, 0.25) is 0 Å². The predicted molar refractivity (Wildman–Crippen MR) is 296 cm³/mol. The van der Waals surface area contributed by atoms with E-state index in [1.54, 1.807) is 12.4 Å². The highest BCUT2D eigenvalue weighted by atomic mass is 15.2. The summed E-state index contributed by atoms with van der Waals surface area (Å²) in [5.41, 5.74) is 2.82. The normalized spacial score (nSPS) is 14.6. The quantitative estimate of drug-likeness (QED) is 0.200. The Morgan fingerprint density at radius 1 is 0.375 bits per heavy atom. The van der Waals surface area contributed by atoms with E-state index in [0.717, 1.165) is 6.42 Å². The number of pyridine rings is 1. The van der Waals surface area contributed by atoms with Crippen molar-refractivity contribution in [3.05, 3.63) is 139 Å². The summed E-state index contributed by atoms with van der Waals surface area (Å²) in [6.45, 7) is 30.1. The van der Waals surface area contributed by atoms with Gasteiger partial charge in [-0.1, -0.05) is 264 Å². The fraction of sp³-hybridized carbons (Fsp3) is 0.617. The molecule has 4 aliphatic rings. The van der Waals surface area contributed by atoms with Crippen LogP contribution in [-0.2, 0) is 6.42 Å². The van der Waals surface area contributed by atoms with Gasteiger partial charge >= 0.3 is 0 Å². The molecule has 2 saturated heterocycles. The molecule has 3 heterocycles. The average molecular weight is 888 g/mol. The van der Waals surface area contributed by atoms with Crippen molar-refractivity contribution in [2.45, 2.75) is 186 Å². The number of piperazine rings is 1. The number of rotatable bonds is 2. The topological polar surface area (TPSA) is 22.6 Å². The first kappa shape index (κ1) is 69.7. The molecule has 4 aromatic rings. The van der Waals surface area contributed by atoms with Gasteiger partial charge in [-0.2, -0.15) is 0 Å². The number of hydrogen-bond acceptors (Lipinski definition) is 4. The van der Waals surface area contributed by atoms with Gasteiger partial charge in [0, 0.05) is 38.6 Å². The van der Waals surface area contributed by atoms with Gasteiger partial charge in [-0.15, -0.1) is 0 Å². The SMILES string of the molecule is C.C1CCCC1.C1CCCCC1.CC.CC.CC.CC.CC(C)c1ccccc1.CCc1ccccc1.CN1CCCCC1.CN1CCN(C)CC1.c1ccccc1.c1ccncc1. The molecule has 0 spiro atoms. The van der Waals surface area contributed by atoms with Crippen LogP contribution in [0, 0.1) is 0 Å². The molecule has 4 nitrogen and oxygen atoms in total. The van der Waals surface area contributed by atoms with Crippen LogP contribution >= 0.6 is 0 Å². The molecule has 3 aromatic carbocycles. The van der Waals surface area contributed by atoms with Crippen LogP contribution in [0.15, 0.2) is 128 Å². The summed E-state index contributed by atoms with van der Waals surface area (Å²) in [6, 6.07) is 38.7. The van der Waals surface area contributed by atoms with Crippen molar-refractivity contribution in [3.63, 3.8) is 0 Å². The molecule has 64 heavy (non-hydrogen) atoms. The molecule has 2 aliphatic heterocycles. The summed E-state index contributed by atoms with van der Waals surface area (Å²) in [6.07, 6.45) is 25.4. The third-order valence-corrected chi connectivity index (χ3v) is 10.0. The second kappa shape index (κ2) is 61.8. The van der Waals surface area contributed by atoms with E-state index >= 15 is 0 Å². The Kier molecular flexibility index (Phi) is 67.3. The smallest absolute Gasteiger partial charge is 0.0267 e. The van der Waals surface area contributed by atoms with Gasteiger partial charge < -0.3 is 14.7 Å². The van der Waals surface area contributed by atoms with Crippen molar-refractivity contribution in [1.82, 2.24) is 19.7 Å². The zero-order valence-electron chi connectivity index (χ0n) is 44.3. The van der Waals surface area contributed by atoms with Crippen LogP contribution in [0.3, 0.4) is 0 Å². The Morgan fingerprint density at radius 2 is 0.625 bits per heavy atom. The van der Waals surface area contributed by atoms with Gasteiger partial charge in [0.15, 0.2) is 0 Å². The monoisotopic (exact) mass is 887 g/mol. The molecule has 370 valence electrons. The second-order valence-corrected chi connectivity index (χ2v) is 15.4. The van der Waals surface area contributed by atoms with E-state index in [2.05, 4.69) is 110 Å². The molecule has 1 aromatic heterocycles. The Hall–Kier alpha value is -3.31. The summed E-state index contributed by atoms with van der Waals surface area (Å²) >= 11 is 0. The molecule has 2 saturated carbocycles. The zero-order chi connectivity index (χ0) is 47.9. The molecule has 0 radical (unpaired) electrons. The number of likely N-dealkylation sites (tertiary alicyclic amines) is 1. The minimum Gasteiger partial charge on any atom is -0.306 e. The highest BCUT2D eigenvalue weighted by Crippen LogP contribution is 2.16. The van der Waals surface area contributed by atoms with Crippen molar-refractivity contribution in [2.24, 2.45) is 0 Å². The number of nitrogens with zero attached hydrogens (tertiary/aromatic N) is 4. The lowest BCUT2D eigenvalue weighted by Gasteiger charge is -2.28. The molecule has 0 unspecified atom stereocenters. The fourth-order valence-corrected chi connectivity index (χ4v) is 6.15. The van der Waals surface area contributed by atoms with Gasteiger partial charge in [0.05, 0.1) is 0 Å². The van der Waals surface area contributed by atoms with Crippen molar-refractivity contribution >= 4 is 0 Å². The lowest BCUT2D eigenvalue weighted by molar-refractivity contribution is 0.181. The van der Waals surface area contributed by atoms with Crippen LogP contribution in [0.1, 0.15) is 191 Å². The van der Waals surface area contributed by atoms with E-state index in [-0.39, 0.29) is 7.43 Å². The van der Waals surface area contributed by atoms with E-state index in [1.807, 2.05) is 122 Å². The summed E-state index contributed by atoms with van der Waals surface area (Å²) in [7, 11) is 6.54. The Morgan fingerprint density at radius 3 is 0.812 bits per heavy atom. The first-order chi connectivity index (χ1) is 30.9. The van der Waals surface area contributed by atoms with E-state index in [1.165, 1.54) is 140 Å². The molecule has 0 atom stereocenters. The van der Waals surface area contributed by atoms with Gasteiger partial charge in [0.1, 0.15) is 0 Å². The van der Waals surface area contributed by atoms with Crippen LogP contribution in [0.2, 0.25) is 0 Å². The predicted octanol–water partition coefficient (Wildman–Crippen LogP) is 17.8. The van der Waals surface area contributed by atoms with Crippen LogP contribution in [-0.4, -0.2) is 80.1 Å². The summed E-state index contributed by atoms with van der Waals surface area (Å²) < 4.78 is 0. The number of piperidine rings is 1. The van der Waals surface area contributed by atoms with Crippen LogP contribution in [0.25, 0.3) is 0 Å². The third-order valence-electron chi connectivity index (χ3n) is 10.0. The molecule has 0 bridgehead atoms. The summed E-state index contributed by atoms with van der Waals surface area (Å²) in [4.78, 5) is 10.9. The number of benzene rings is 3. The fourth-order valence-electron chi connectivity index (χ4n) is 6.15. The average Bonchev–Trinajstić information content (AvgIpc) is 4.00. The van der Waals surface area contributed by atoms with Crippen LogP contribution < -0.4 is 0 Å². The van der Waals surface area contributed by atoms with Gasteiger partial charge in [-0.25, -0.2) is 0 Å². The molecule has 4 fully saturated rings. The molecular formula is C60H110N4. The molecular weight excluding hydrogens is 777 g/mol. The Balaban J connectivity index is -0.000000203. The highest BCUT2D eigenvalue weighted by Gasteiger charge is 2.08. The Bertz CT molecular complexity index is 1130. The first-order valence-corrected chi connectivity index (χ1v) is 25.9. The number of hydrogen-bond donors (Lipinski definition) is 0.